The summed E-state index contributed by atoms with van der Waals surface area (Å²) >= 11 is 0. The number of hydrogen-bond donors (Lipinski definition) is 4. The Morgan fingerprint density at radius 1 is 1.03 bits per heavy atom. The number of aryl methyl sites for hydroxylation is 2. The number of rotatable bonds is 12. The molecule has 192 valence electrons. The third-order valence-corrected chi connectivity index (χ3v) is 5.54. The van der Waals surface area contributed by atoms with E-state index in [0.29, 0.717) is 17.0 Å². The van der Waals surface area contributed by atoms with Gasteiger partial charge < -0.3 is 31.2 Å². The number of anilines is 2. The molecule has 0 aliphatic rings. The Morgan fingerprint density at radius 3 is 2.44 bits per heavy atom. The minimum Gasteiger partial charge on any atom is -0.466 e. The first-order chi connectivity index (χ1) is 17.3. The third-order valence-electron chi connectivity index (χ3n) is 5.54. The molecule has 36 heavy (non-hydrogen) atoms. The van der Waals surface area contributed by atoms with Crippen LogP contribution >= 0.6 is 0 Å². The van der Waals surface area contributed by atoms with Gasteiger partial charge >= 0.3 is 11.9 Å². The van der Waals surface area contributed by atoms with Gasteiger partial charge in [-0.3, -0.25) is 9.59 Å². The van der Waals surface area contributed by atoms with E-state index in [2.05, 4.69) is 20.3 Å². The Labute approximate surface area is 209 Å². The van der Waals surface area contributed by atoms with Crippen LogP contribution in [-0.2, 0) is 31.9 Å². The summed E-state index contributed by atoms with van der Waals surface area (Å²) in [5, 5.41) is 3.41. The predicted octanol–water partition coefficient (Wildman–Crippen LogP) is 2.30. The number of carbonyl (C=O) groups is 3. The van der Waals surface area contributed by atoms with E-state index in [0.717, 1.165) is 35.9 Å². The number of benzene rings is 1. The summed E-state index contributed by atoms with van der Waals surface area (Å²) in [6, 6.07) is 8.16. The number of nitrogens with one attached hydrogen (secondary N) is 2. The fraction of sp³-hybridized carbons (Fsp3) is 0.400. The Bertz CT molecular complexity index is 1210. The van der Waals surface area contributed by atoms with E-state index in [1.54, 1.807) is 26.0 Å². The van der Waals surface area contributed by atoms with Crippen molar-refractivity contribution < 1.29 is 23.9 Å². The molecule has 3 aromatic rings. The van der Waals surface area contributed by atoms with Crippen molar-refractivity contribution in [1.82, 2.24) is 20.3 Å². The highest BCUT2D eigenvalue weighted by Crippen LogP contribution is 2.21. The molecule has 0 radical (unpaired) electrons. The first-order valence-corrected chi connectivity index (χ1v) is 11.9. The van der Waals surface area contributed by atoms with Crippen molar-refractivity contribution >= 4 is 40.6 Å². The van der Waals surface area contributed by atoms with Crippen LogP contribution in [0.1, 0.15) is 54.7 Å². The van der Waals surface area contributed by atoms with Crippen LogP contribution in [0.4, 0.5) is 11.8 Å². The van der Waals surface area contributed by atoms with E-state index in [-0.39, 0.29) is 32.0 Å². The molecule has 11 nitrogen and oxygen atoms in total. The number of esters is 2. The van der Waals surface area contributed by atoms with Crippen LogP contribution < -0.4 is 16.8 Å². The molecule has 0 saturated heterocycles. The number of aromatic amines is 1. The maximum atomic E-state index is 12.7. The highest BCUT2D eigenvalue weighted by Gasteiger charge is 2.24. The van der Waals surface area contributed by atoms with E-state index in [9.17, 15) is 14.4 Å². The van der Waals surface area contributed by atoms with Gasteiger partial charge in [0, 0.05) is 17.7 Å². The fourth-order valence-electron chi connectivity index (χ4n) is 3.77. The van der Waals surface area contributed by atoms with Gasteiger partial charge in [0.1, 0.15) is 17.5 Å². The first kappa shape index (κ1) is 26.5. The number of nitrogens with two attached hydrogens (primary N) is 2. The maximum Gasteiger partial charge on any atom is 0.328 e. The van der Waals surface area contributed by atoms with Crippen molar-refractivity contribution in [3.8, 4) is 0 Å². The molecule has 6 N–H and O–H groups in total. The molecule has 0 unspecified atom stereocenters. The zero-order chi connectivity index (χ0) is 26.1. The predicted molar refractivity (Wildman–Crippen MR) is 135 cm³/mol. The summed E-state index contributed by atoms with van der Waals surface area (Å²) in [7, 11) is 0. The fourth-order valence-corrected chi connectivity index (χ4v) is 3.77. The second kappa shape index (κ2) is 12.5. The number of nitrogen functional groups attached to an aromatic ring is 2. The quantitative estimate of drug-likeness (QED) is 0.274. The molecule has 0 aliphatic carbocycles. The highest BCUT2D eigenvalue weighted by atomic mass is 16.5. The van der Waals surface area contributed by atoms with Gasteiger partial charge in [-0.05, 0) is 63.3 Å². The Morgan fingerprint density at radius 2 is 1.75 bits per heavy atom. The molecule has 0 bridgehead atoms. The molecule has 1 atom stereocenters. The molecule has 3 rings (SSSR count). The van der Waals surface area contributed by atoms with Crippen molar-refractivity contribution in [2.24, 2.45) is 0 Å². The van der Waals surface area contributed by atoms with Gasteiger partial charge in [0.25, 0.3) is 5.91 Å². The Balaban J connectivity index is 1.54. The zero-order valence-electron chi connectivity index (χ0n) is 20.5. The topological polar surface area (TPSA) is 175 Å². The SMILES string of the molecule is CCOC(=O)CC[C@H](NC(=O)c1ccc(CCCc2cc3c(N)nc(N)nc3[nH]2)cc1)C(=O)OCC. The van der Waals surface area contributed by atoms with Crippen LogP contribution in [0.3, 0.4) is 0 Å². The summed E-state index contributed by atoms with van der Waals surface area (Å²) in [5.41, 5.74) is 14.6. The zero-order valence-corrected chi connectivity index (χ0v) is 20.5. The van der Waals surface area contributed by atoms with Crippen molar-refractivity contribution in [3.05, 3.63) is 47.2 Å². The minimum absolute atomic E-state index is 0.000532. The van der Waals surface area contributed by atoms with Crippen molar-refractivity contribution in [2.75, 3.05) is 24.7 Å². The van der Waals surface area contributed by atoms with Gasteiger partial charge in [-0.15, -0.1) is 0 Å². The standard InChI is InChI=1S/C25H32N6O5/c1-3-35-20(32)13-12-19(24(34)36-4-2)29-23(33)16-10-8-15(9-11-16)6-5-7-17-14-18-21(26)30-25(27)31-22(18)28-17/h8-11,14,19H,3-7,12-13H2,1-2H3,(H,29,33)(H5,26,27,28,30,31)/t19-/m0/s1. The van der Waals surface area contributed by atoms with Crippen LogP contribution in [0.15, 0.2) is 30.3 Å². The Hall–Kier alpha value is -4.15. The summed E-state index contributed by atoms with van der Waals surface area (Å²) in [5.74, 6) is -0.956. The molecule has 11 heteroatoms. The molecule has 1 aromatic carbocycles. The molecular formula is C25H32N6O5. The summed E-state index contributed by atoms with van der Waals surface area (Å²) in [4.78, 5) is 48.0. The van der Waals surface area contributed by atoms with E-state index in [1.807, 2.05) is 18.2 Å². The van der Waals surface area contributed by atoms with E-state index in [1.165, 1.54) is 0 Å². The monoisotopic (exact) mass is 496 g/mol. The van der Waals surface area contributed by atoms with Crippen molar-refractivity contribution in [2.45, 2.75) is 52.0 Å². The van der Waals surface area contributed by atoms with Crippen molar-refractivity contribution in [3.63, 3.8) is 0 Å². The van der Waals surface area contributed by atoms with E-state index >= 15 is 0 Å². The number of fused-ring (bicyclic) bond motifs is 1. The molecule has 2 aromatic heterocycles. The van der Waals surface area contributed by atoms with Gasteiger partial charge in [0.05, 0.1) is 18.6 Å². The molecule has 1 amide bonds. The summed E-state index contributed by atoms with van der Waals surface area (Å²) < 4.78 is 9.93. The molecular weight excluding hydrogens is 464 g/mol. The lowest BCUT2D eigenvalue weighted by Gasteiger charge is -2.17. The van der Waals surface area contributed by atoms with Gasteiger partial charge in [-0.2, -0.15) is 9.97 Å². The first-order valence-electron chi connectivity index (χ1n) is 11.9. The number of hydrogen-bond acceptors (Lipinski definition) is 9. The average molecular weight is 497 g/mol. The van der Waals surface area contributed by atoms with Gasteiger partial charge in [0.15, 0.2) is 0 Å². The normalized spacial score (nSPS) is 11.7. The van der Waals surface area contributed by atoms with Gasteiger partial charge in [-0.1, -0.05) is 12.1 Å². The molecule has 0 fully saturated rings. The van der Waals surface area contributed by atoms with Crippen LogP contribution in [0.5, 0.6) is 0 Å². The van der Waals surface area contributed by atoms with Gasteiger partial charge in [0.2, 0.25) is 5.95 Å². The number of carbonyl (C=O) groups excluding carboxylic acids is 3. The number of H-pyrrole nitrogens is 1. The number of ether oxygens (including phenoxy) is 2. The molecule has 0 saturated carbocycles. The second-order valence-corrected chi connectivity index (χ2v) is 8.20. The van der Waals surface area contributed by atoms with E-state index < -0.39 is 23.9 Å². The number of amides is 1. The number of nitrogens with zero attached hydrogens (tertiary/aromatic N) is 2. The molecule has 2 heterocycles. The maximum absolute atomic E-state index is 12.7. The summed E-state index contributed by atoms with van der Waals surface area (Å²) in [6.07, 6.45) is 2.53. The van der Waals surface area contributed by atoms with Crippen molar-refractivity contribution in [1.29, 1.82) is 0 Å². The van der Waals surface area contributed by atoms with Crippen LogP contribution in [-0.4, -0.2) is 52.1 Å². The molecule has 0 aliphatic heterocycles. The van der Waals surface area contributed by atoms with E-state index in [4.69, 9.17) is 20.9 Å². The second-order valence-electron chi connectivity index (χ2n) is 8.20. The lowest BCUT2D eigenvalue weighted by molar-refractivity contribution is -0.146. The Kier molecular flexibility index (Phi) is 9.20. The third kappa shape index (κ3) is 7.17. The largest absolute Gasteiger partial charge is 0.466 e. The van der Waals surface area contributed by atoms with Crippen LogP contribution in [0, 0.1) is 0 Å². The average Bonchev–Trinajstić information content (AvgIpc) is 3.25. The summed E-state index contributed by atoms with van der Waals surface area (Å²) in [6.45, 7) is 3.81. The van der Waals surface area contributed by atoms with Gasteiger partial charge in [-0.25, -0.2) is 4.79 Å². The lowest BCUT2D eigenvalue weighted by atomic mass is 10.0. The van der Waals surface area contributed by atoms with Crippen LogP contribution in [0.25, 0.3) is 11.0 Å². The van der Waals surface area contributed by atoms with Crippen LogP contribution in [0.2, 0.25) is 0 Å². The highest BCUT2D eigenvalue weighted by molar-refractivity contribution is 5.97. The smallest absolute Gasteiger partial charge is 0.328 e. The minimum atomic E-state index is -0.938. The lowest BCUT2D eigenvalue weighted by Crippen LogP contribution is -2.42. The molecule has 0 spiro atoms. The number of aromatic nitrogens is 3.